The number of halogens is 1. The predicted octanol–water partition coefficient (Wildman–Crippen LogP) is 5.99. The maximum Gasteiger partial charge on any atom is 0.273 e. The molecule has 1 aliphatic rings. The van der Waals surface area contributed by atoms with Crippen molar-refractivity contribution in [2.24, 2.45) is 0 Å². The minimum atomic E-state index is -0.240. The van der Waals surface area contributed by atoms with Crippen LogP contribution in [0.5, 0.6) is 0 Å². The first kappa shape index (κ1) is 20.5. The number of nitrogens with zero attached hydrogens (tertiary/aromatic N) is 3. The Bertz CT molecular complexity index is 1250. The monoisotopic (exact) mass is 442 g/mol. The summed E-state index contributed by atoms with van der Waals surface area (Å²) >= 11 is 6.10. The van der Waals surface area contributed by atoms with E-state index in [4.69, 9.17) is 11.6 Å². The summed E-state index contributed by atoms with van der Waals surface area (Å²) in [6.07, 6.45) is 3.50. The van der Waals surface area contributed by atoms with Gasteiger partial charge in [0.2, 0.25) is 0 Å². The van der Waals surface area contributed by atoms with Gasteiger partial charge >= 0.3 is 0 Å². The highest BCUT2D eigenvalue weighted by atomic mass is 35.5. The van der Waals surface area contributed by atoms with Crippen LogP contribution in [-0.2, 0) is 6.54 Å². The zero-order valence-corrected chi connectivity index (χ0v) is 18.7. The number of hydrogen-bond acceptors (Lipinski definition) is 3. The smallest absolute Gasteiger partial charge is 0.273 e. The maximum atomic E-state index is 13.5. The summed E-state index contributed by atoms with van der Waals surface area (Å²) in [7, 11) is 0. The standard InChI is InChI=1S/C26H23ClN4O/c1-16(2)18-3-5-20(6-4-18)25-22-23(19-7-9-21(27)10-8-19)29-30-24(22)26(32)31(25)15-17-11-13-28-14-12-17/h3-14,16,25H,15H2,1-2H3,(H,29,30). The topological polar surface area (TPSA) is 61.9 Å². The van der Waals surface area contributed by atoms with Crippen molar-refractivity contribution < 1.29 is 4.79 Å². The number of carbonyl (C=O) groups excluding carboxylic acids is 1. The van der Waals surface area contributed by atoms with Crippen molar-refractivity contribution in [3.63, 3.8) is 0 Å². The minimum Gasteiger partial charge on any atom is -0.322 e. The average Bonchev–Trinajstić information content (AvgIpc) is 3.34. The number of pyridine rings is 1. The van der Waals surface area contributed by atoms with Crippen LogP contribution >= 0.6 is 11.6 Å². The van der Waals surface area contributed by atoms with Gasteiger partial charge in [-0.2, -0.15) is 5.10 Å². The fourth-order valence-corrected chi connectivity index (χ4v) is 4.41. The number of aromatic amines is 1. The van der Waals surface area contributed by atoms with Gasteiger partial charge in [-0.05, 0) is 46.9 Å². The molecule has 5 nitrogen and oxygen atoms in total. The van der Waals surface area contributed by atoms with Crippen molar-refractivity contribution in [3.05, 3.63) is 106 Å². The van der Waals surface area contributed by atoms with Gasteiger partial charge < -0.3 is 4.90 Å². The molecule has 6 heteroatoms. The Balaban J connectivity index is 1.63. The van der Waals surface area contributed by atoms with Crippen molar-refractivity contribution in [2.75, 3.05) is 0 Å². The highest BCUT2D eigenvalue weighted by molar-refractivity contribution is 6.30. The number of nitrogens with one attached hydrogen (secondary N) is 1. The van der Waals surface area contributed by atoms with Gasteiger partial charge in [-0.3, -0.25) is 14.9 Å². The molecule has 0 spiro atoms. The number of benzene rings is 2. The largest absolute Gasteiger partial charge is 0.322 e. The normalized spacial score (nSPS) is 15.4. The lowest BCUT2D eigenvalue weighted by Gasteiger charge is -2.27. The maximum absolute atomic E-state index is 13.5. The molecule has 1 N–H and O–H groups in total. The second-order valence-electron chi connectivity index (χ2n) is 8.38. The van der Waals surface area contributed by atoms with Crippen LogP contribution in [0, 0.1) is 0 Å². The number of H-pyrrole nitrogens is 1. The molecule has 1 aliphatic heterocycles. The van der Waals surface area contributed by atoms with Crippen LogP contribution < -0.4 is 0 Å². The van der Waals surface area contributed by atoms with E-state index in [0.29, 0.717) is 23.2 Å². The molecule has 1 unspecified atom stereocenters. The van der Waals surface area contributed by atoms with Crippen molar-refractivity contribution in [2.45, 2.75) is 32.4 Å². The van der Waals surface area contributed by atoms with Crippen LogP contribution in [0.4, 0.5) is 0 Å². The Hall–Kier alpha value is -3.44. The third-order valence-electron chi connectivity index (χ3n) is 6.00. The van der Waals surface area contributed by atoms with Crippen molar-refractivity contribution in [3.8, 4) is 11.3 Å². The zero-order chi connectivity index (χ0) is 22.2. The summed E-state index contributed by atoms with van der Waals surface area (Å²) in [4.78, 5) is 19.5. The molecule has 0 aliphatic carbocycles. The SMILES string of the molecule is CC(C)c1ccc(C2c3c(-c4ccc(Cl)cc4)n[nH]c3C(=O)N2Cc2ccncc2)cc1. The molecule has 1 atom stereocenters. The molecule has 1 amide bonds. The van der Waals surface area contributed by atoms with Gasteiger partial charge in [0, 0.05) is 35.1 Å². The van der Waals surface area contributed by atoms with Gasteiger partial charge in [0.25, 0.3) is 5.91 Å². The number of amides is 1. The first-order valence-corrected chi connectivity index (χ1v) is 11.0. The fourth-order valence-electron chi connectivity index (χ4n) is 4.28. The van der Waals surface area contributed by atoms with Crippen LogP contribution in [0.3, 0.4) is 0 Å². The van der Waals surface area contributed by atoms with E-state index < -0.39 is 0 Å². The number of fused-ring (bicyclic) bond motifs is 1. The Morgan fingerprint density at radius 2 is 1.69 bits per heavy atom. The Morgan fingerprint density at radius 3 is 2.34 bits per heavy atom. The predicted molar refractivity (Wildman–Crippen MR) is 126 cm³/mol. The van der Waals surface area contributed by atoms with Gasteiger partial charge in [0.15, 0.2) is 0 Å². The highest BCUT2D eigenvalue weighted by Crippen LogP contribution is 2.43. The van der Waals surface area contributed by atoms with Crippen molar-refractivity contribution in [1.82, 2.24) is 20.1 Å². The van der Waals surface area contributed by atoms with Crippen LogP contribution in [0.2, 0.25) is 5.02 Å². The van der Waals surface area contributed by atoms with E-state index in [2.05, 4.69) is 53.3 Å². The molecule has 32 heavy (non-hydrogen) atoms. The van der Waals surface area contributed by atoms with E-state index in [1.54, 1.807) is 12.4 Å². The summed E-state index contributed by atoms with van der Waals surface area (Å²) in [5.74, 6) is 0.388. The van der Waals surface area contributed by atoms with Crippen LogP contribution in [0.1, 0.15) is 58.5 Å². The van der Waals surface area contributed by atoms with E-state index >= 15 is 0 Å². The van der Waals surface area contributed by atoms with E-state index in [1.165, 1.54) is 5.56 Å². The van der Waals surface area contributed by atoms with E-state index in [-0.39, 0.29) is 11.9 Å². The molecule has 160 valence electrons. The van der Waals surface area contributed by atoms with Crippen LogP contribution in [-0.4, -0.2) is 26.0 Å². The number of aromatic nitrogens is 3. The molecule has 2 aromatic heterocycles. The summed E-state index contributed by atoms with van der Waals surface area (Å²) < 4.78 is 0. The Labute approximate surface area is 192 Å². The first-order valence-electron chi connectivity index (χ1n) is 10.7. The first-order chi connectivity index (χ1) is 15.5. The van der Waals surface area contributed by atoms with Crippen molar-refractivity contribution in [1.29, 1.82) is 0 Å². The average molecular weight is 443 g/mol. The summed E-state index contributed by atoms with van der Waals surface area (Å²) in [5, 5.41) is 8.20. The Morgan fingerprint density at radius 1 is 1.00 bits per heavy atom. The van der Waals surface area contributed by atoms with Crippen LogP contribution in [0.25, 0.3) is 11.3 Å². The molecule has 2 aromatic carbocycles. The fraction of sp³-hybridized carbons (Fsp3) is 0.192. The van der Waals surface area contributed by atoms with Gasteiger partial charge in [-0.1, -0.05) is 61.8 Å². The molecule has 0 saturated carbocycles. The van der Waals surface area contributed by atoms with Crippen molar-refractivity contribution >= 4 is 17.5 Å². The van der Waals surface area contributed by atoms with Gasteiger partial charge in [-0.25, -0.2) is 0 Å². The van der Waals surface area contributed by atoms with E-state index in [1.807, 2.05) is 41.3 Å². The lowest BCUT2D eigenvalue weighted by atomic mass is 9.93. The summed E-state index contributed by atoms with van der Waals surface area (Å²) in [6.45, 7) is 4.84. The Kier molecular flexibility index (Phi) is 5.27. The van der Waals surface area contributed by atoms with Gasteiger partial charge in [0.1, 0.15) is 5.69 Å². The van der Waals surface area contributed by atoms with Gasteiger partial charge in [-0.15, -0.1) is 0 Å². The molecule has 5 rings (SSSR count). The van der Waals surface area contributed by atoms with E-state index in [9.17, 15) is 4.79 Å². The zero-order valence-electron chi connectivity index (χ0n) is 17.9. The second-order valence-corrected chi connectivity index (χ2v) is 8.82. The van der Waals surface area contributed by atoms with E-state index in [0.717, 1.165) is 27.9 Å². The molecule has 0 saturated heterocycles. The third kappa shape index (κ3) is 3.59. The second kappa shape index (κ2) is 8.24. The minimum absolute atomic E-state index is 0.0533. The third-order valence-corrected chi connectivity index (χ3v) is 6.25. The highest BCUT2D eigenvalue weighted by Gasteiger charge is 2.42. The molecular weight excluding hydrogens is 420 g/mol. The summed E-state index contributed by atoms with van der Waals surface area (Å²) in [5.41, 5.74) is 6.51. The van der Waals surface area contributed by atoms with Gasteiger partial charge in [0.05, 0.1) is 11.7 Å². The number of carbonyl (C=O) groups is 1. The number of hydrogen-bond donors (Lipinski definition) is 1. The molecule has 0 fully saturated rings. The molecule has 0 bridgehead atoms. The molecule has 0 radical (unpaired) electrons. The molecule has 3 heterocycles. The van der Waals surface area contributed by atoms with Crippen LogP contribution in [0.15, 0.2) is 73.1 Å². The summed E-state index contributed by atoms with van der Waals surface area (Å²) in [6, 6.07) is 19.8. The lowest BCUT2D eigenvalue weighted by molar-refractivity contribution is 0.0730. The molecular formula is C26H23ClN4O. The lowest BCUT2D eigenvalue weighted by Crippen LogP contribution is -2.29. The number of rotatable bonds is 5. The quantitative estimate of drug-likeness (QED) is 0.412. The molecule has 4 aromatic rings.